The quantitative estimate of drug-likeness (QED) is 0.00664. The molecular formula is C76H98BN8O12P2+. The van der Waals surface area contributed by atoms with Crippen LogP contribution in [0, 0.1) is 11.8 Å². The Bertz CT molecular complexity index is 4140. The first-order valence-corrected chi connectivity index (χ1v) is 38.4. The Hall–Kier alpha value is -7.55. The maximum Gasteiger partial charge on any atom is 0.476 e. The number of hydrogen-bond acceptors (Lipinski definition) is 11. The summed E-state index contributed by atoms with van der Waals surface area (Å²) in [5.41, 5.74) is 5.07. The summed E-state index contributed by atoms with van der Waals surface area (Å²) in [4.78, 5) is 107. The Labute approximate surface area is 582 Å². The third-order valence-corrected chi connectivity index (χ3v) is 23.8. The van der Waals surface area contributed by atoms with Gasteiger partial charge in [-0.1, -0.05) is 169 Å². The molecule has 5 aromatic carbocycles. The van der Waals surface area contributed by atoms with E-state index in [2.05, 4.69) is 180 Å². The molecule has 10 rings (SSSR count). The fourth-order valence-corrected chi connectivity index (χ4v) is 18.2. The van der Waals surface area contributed by atoms with Gasteiger partial charge in [-0.3, -0.25) is 33.3 Å². The van der Waals surface area contributed by atoms with E-state index in [1.807, 2.05) is 49.5 Å². The van der Waals surface area contributed by atoms with E-state index < -0.39 is 63.4 Å². The van der Waals surface area contributed by atoms with Crippen LogP contribution in [-0.4, -0.2) is 138 Å². The zero-order valence-electron chi connectivity index (χ0n) is 58.2. The van der Waals surface area contributed by atoms with E-state index in [0.29, 0.717) is 38.9 Å². The van der Waals surface area contributed by atoms with Crippen molar-refractivity contribution in [1.29, 1.82) is 0 Å². The first-order valence-electron chi connectivity index (χ1n) is 35.1. The Balaban J connectivity index is 0.827. The molecule has 0 bridgehead atoms. The molecule has 526 valence electrons. The van der Waals surface area contributed by atoms with Crippen molar-refractivity contribution < 1.29 is 66.2 Å². The molecule has 1 aromatic heterocycles. The molecule has 2 saturated heterocycles. The molecule has 0 saturated carbocycles. The number of benzene rings is 5. The highest BCUT2D eigenvalue weighted by Gasteiger charge is 2.63. The number of Topliss-reactive ketones (excluding diaryl/α,β-unsaturated/α-hetero) is 1. The highest BCUT2D eigenvalue weighted by Crippen LogP contribution is 2.58. The number of carbonyl (C=O) groups is 4. The van der Waals surface area contributed by atoms with Crippen LogP contribution < -0.4 is 20.9 Å². The van der Waals surface area contributed by atoms with Gasteiger partial charge in [0.15, 0.2) is 11.5 Å². The predicted molar refractivity (Wildman–Crippen MR) is 391 cm³/mol. The van der Waals surface area contributed by atoms with Crippen LogP contribution in [0.3, 0.4) is 0 Å². The lowest BCUT2D eigenvalue weighted by Gasteiger charge is -2.52. The topological polar surface area (TPSA) is 270 Å². The number of nitrogens with one attached hydrogen (secondary N) is 3. The van der Waals surface area contributed by atoms with Crippen LogP contribution in [0.1, 0.15) is 140 Å². The van der Waals surface area contributed by atoms with Crippen LogP contribution in [0.15, 0.2) is 170 Å². The Morgan fingerprint density at radius 3 is 2.05 bits per heavy atom. The van der Waals surface area contributed by atoms with Gasteiger partial charge in [0.05, 0.1) is 44.0 Å². The van der Waals surface area contributed by atoms with E-state index in [9.17, 15) is 47.9 Å². The number of anilines is 1. The zero-order valence-corrected chi connectivity index (χ0v) is 60.0. The predicted octanol–water partition coefficient (Wildman–Crippen LogP) is 12.4. The number of fused-ring (bicyclic) bond motifs is 7. The number of unbranched alkanes of at least 4 members (excludes halogenated alkanes) is 4. The Morgan fingerprint density at radius 1 is 0.727 bits per heavy atom. The van der Waals surface area contributed by atoms with Gasteiger partial charge in [-0.15, -0.1) is 0 Å². The SMILES string of the molecule is CCCCC[N+]1=C(/C=C/C=C/C=C/C=C2/N(CCCCCC(=O)NCC(CC(=O)NC(P(=O)(O)O)P(=O)(O)O)C[N+]34CCO[B-]3([C@@H](CC(=O)[C@H](Cc3ccccc3)NC(=O)c3cnccn3)CC(C)C)OCC4)c3ccc4ccccc4c3C2(C)C)C(C)(C)c2c1ccc1ccccc21. The summed E-state index contributed by atoms with van der Waals surface area (Å²) in [5, 5.41) is 12.8. The van der Waals surface area contributed by atoms with E-state index in [-0.39, 0.29) is 84.1 Å². The van der Waals surface area contributed by atoms with Gasteiger partial charge < -0.3 is 54.1 Å². The van der Waals surface area contributed by atoms with Crippen LogP contribution >= 0.6 is 15.2 Å². The standard InChI is InChI=1S/C76H97BN8O12P2/c1-8-9-24-41-83-64-37-35-57-28-20-22-30-60(57)71(64)75(4,5)67(83)32-17-11-10-12-18-33-68-76(6,7)72-61-31-23-21-29-58(61)36-38-65(72)84(68)42-25-14-19-34-69(87)80-51-56(49-70(88)82-74(98(90,91)92)99(93,94)95)53-85-43-45-96-77(85,97-46-44-85)59(47-54(2)3)50-66(86)62(48-55-26-15-13-16-27-55)81-73(89)63-52-78-39-40-79-63/h10-13,15-18,20-23,26-33,35-40,52,54,56,59,62,74H,8-9,14,19,24-25,34,41-51,53H2,1-7H3,(H6-,80,81,82,87,88,89,90,91,92,93,94,95)/p+1/t56?,59-,62+,77?,85?/m1/s1. The van der Waals surface area contributed by atoms with Crippen LogP contribution in [0.25, 0.3) is 21.5 Å². The molecule has 5 heterocycles. The normalized spacial score (nSPS) is 20.2. The van der Waals surface area contributed by atoms with Gasteiger partial charge in [0.2, 0.25) is 23.0 Å². The molecule has 1 unspecified atom stereocenters. The molecule has 4 aliphatic heterocycles. The number of quaternary nitrogens is 1. The second-order valence-corrected chi connectivity index (χ2v) is 32.5. The molecule has 3 atom stereocenters. The number of hydrogen-bond donors (Lipinski definition) is 7. The van der Waals surface area contributed by atoms with Gasteiger partial charge in [-0.25, -0.2) is 4.98 Å². The van der Waals surface area contributed by atoms with Crippen molar-refractivity contribution in [2.24, 2.45) is 11.8 Å². The van der Waals surface area contributed by atoms with Gasteiger partial charge in [-0.05, 0) is 109 Å². The first-order chi connectivity index (χ1) is 47.3. The van der Waals surface area contributed by atoms with Gasteiger partial charge in [0, 0.05) is 91.7 Å². The summed E-state index contributed by atoms with van der Waals surface area (Å²) >= 11 is 0. The minimum atomic E-state index is -5.56. The van der Waals surface area contributed by atoms with Crippen molar-refractivity contribution in [3.05, 3.63) is 192 Å². The summed E-state index contributed by atoms with van der Waals surface area (Å²) < 4.78 is 41.1. The van der Waals surface area contributed by atoms with Crippen molar-refractivity contribution in [1.82, 2.24) is 25.9 Å². The van der Waals surface area contributed by atoms with Gasteiger partial charge in [0.1, 0.15) is 12.2 Å². The number of nitrogens with zero attached hydrogens (tertiary/aromatic N) is 5. The fraction of sp³-hybridized carbons (Fsp3) is 0.434. The summed E-state index contributed by atoms with van der Waals surface area (Å²) in [6, 6.07) is 34.4. The van der Waals surface area contributed by atoms with E-state index in [0.717, 1.165) is 42.8 Å². The largest absolute Gasteiger partial charge is 0.509 e. The van der Waals surface area contributed by atoms with E-state index in [1.54, 1.807) is 0 Å². The van der Waals surface area contributed by atoms with Gasteiger partial charge in [0.25, 0.3) is 5.91 Å². The molecule has 6 aromatic rings. The average molecular weight is 1390 g/mol. The van der Waals surface area contributed by atoms with Crippen molar-refractivity contribution in [2.75, 3.05) is 57.4 Å². The minimum Gasteiger partial charge on any atom is -0.509 e. The molecule has 99 heavy (non-hydrogen) atoms. The molecule has 3 amide bonds. The lowest BCUT2D eigenvalue weighted by molar-refractivity contribution is -0.827. The minimum absolute atomic E-state index is 0.0400. The fourth-order valence-electron chi connectivity index (χ4n) is 16.0. The van der Waals surface area contributed by atoms with Crippen LogP contribution in [0.5, 0.6) is 0 Å². The van der Waals surface area contributed by atoms with Crippen molar-refractivity contribution in [3.63, 3.8) is 0 Å². The third-order valence-electron chi connectivity index (χ3n) is 20.5. The lowest BCUT2D eigenvalue weighted by atomic mass is 9.51. The monoisotopic (exact) mass is 1390 g/mol. The number of amides is 3. The van der Waals surface area contributed by atoms with Crippen molar-refractivity contribution >= 4 is 84.0 Å². The molecule has 0 radical (unpaired) electrons. The second kappa shape index (κ2) is 32.0. The van der Waals surface area contributed by atoms with E-state index in [1.165, 1.54) is 69.1 Å². The maximum atomic E-state index is 14.9. The number of rotatable bonds is 33. The first kappa shape index (κ1) is 74.2. The summed E-state index contributed by atoms with van der Waals surface area (Å²) in [7, 11) is -11.1. The molecule has 0 spiro atoms. The van der Waals surface area contributed by atoms with Crippen LogP contribution in [0.2, 0.25) is 5.82 Å². The second-order valence-electron chi connectivity index (χ2n) is 28.7. The smallest absolute Gasteiger partial charge is 0.476 e. The molecule has 20 nitrogen and oxygen atoms in total. The highest BCUT2D eigenvalue weighted by atomic mass is 31.2. The Kier molecular flexibility index (Phi) is 24.0. The number of allylic oxidation sites excluding steroid dienone is 8. The number of ketones is 1. The van der Waals surface area contributed by atoms with Gasteiger partial charge in [-0.2, -0.15) is 4.58 Å². The van der Waals surface area contributed by atoms with Crippen LogP contribution in [-0.2, 0) is 50.1 Å². The van der Waals surface area contributed by atoms with Crippen molar-refractivity contribution in [3.8, 4) is 0 Å². The summed E-state index contributed by atoms with van der Waals surface area (Å²) in [6.45, 7) is 16.1. The van der Waals surface area contributed by atoms with Crippen LogP contribution in [0.4, 0.5) is 11.4 Å². The lowest BCUT2D eigenvalue weighted by Crippen LogP contribution is -2.67. The molecule has 2 fully saturated rings. The number of aromatic nitrogens is 2. The maximum absolute atomic E-state index is 14.9. The van der Waals surface area contributed by atoms with Crippen molar-refractivity contribution in [2.45, 2.75) is 147 Å². The van der Waals surface area contributed by atoms with Gasteiger partial charge >= 0.3 is 21.9 Å². The molecular weight excluding hydrogens is 1290 g/mol. The molecule has 7 N–H and O–H groups in total. The van der Waals surface area contributed by atoms with E-state index in [4.69, 9.17) is 9.31 Å². The average Bonchev–Trinajstić information content (AvgIpc) is 1.60. The Morgan fingerprint density at radius 2 is 1.38 bits per heavy atom. The molecule has 4 aliphatic rings. The van der Waals surface area contributed by atoms with E-state index >= 15 is 0 Å². The zero-order chi connectivity index (χ0) is 70.8. The third kappa shape index (κ3) is 16.9. The molecule has 23 heteroatoms. The number of carbonyl (C=O) groups excluding carboxylic acids is 4. The highest BCUT2D eigenvalue weighted by molar-refractivity contribution is 7.70. The summed E-state index contributed by atoms with van der Waals surface area (Å²) in [5.74, 6) is -3.43. The summed E-state index contributed by atoms with van der Waals surface area (Å²) in [6.07, 6.45) is 24.9. The molecule has 0 aliphatic carbocycles.